The van der Waals surface area contributed by atoms with Crippen LogP contribution in [0.3, 0.4) is 0 Å². The van der Waals surface area contributed by atoms with Gasteiger partial charge in [-0.3, -0.25) is 9.36 Å². The van der Waals surface area contributed by atoms with Crippen LogP contribution in [0.15, 0.2) is 48.8 Å². The van der Waals surface area contributed by atoms with E-state index in [1.807, 2.05) is 22.8 Å². The van der Waals surface area contributed by atoms with Crippen LogP contribution in [-0.2, 0) is 23.2 Å². The number of anilines is 3. The van der Waals surface area contributed by atoms with Crippen molar-refractivity contribution in [3.05, 3.63) is 48.8 Å². The van der Waals surface area contributed by atoms with E-state index in [2.05, 4.69) is 19.9 Å². The molecule has 2 aliphatic rings. The molecule has 202 valence electrons. The lowest BCUT2D eigenvalue weighted by atomic mass is 10.1. The minimum absolute atomic E-state index is 0.0118. The molecule has 38 heavy (non-hydrogen) atoms. The SMILES string of the molecule is CON(c1ccccc1)[C@@H](C)C(=O)OP(N)(=O)OC[C@@H]1C=C[C@H](n2cnc3c(N4CCC4)nc(N)nc32)C1. The Labute approximate surface area is 219 Å². The Morgan fingerprint density at radius 2 is 2.00 bits per heavy atom. The first kappa shape index (κ1) is 26.1. The monoisotopic (exact) mass is 542 g/mol. The molecule has 3 aromatic rings. The van der Waals surface area contributed by atoms with Crippen molar-refractivity contribution >= 4 is 42.3 Å². The second-order valence-electron chi connectivity index (χ2n) is 9.28. The van der Waals surface area contributed by atoms with E-state index in [1.165, 1.54) is 12.2 Å². The molecule has 1 aliphatic carbocycles. The molecule has 0 radical (unpaired) electrons. The van der Waals surface area contributed by atoms with E-state index in [9.17, 15) is 9.36 Å². The zero-order chi connectivity index (χ0) is 26.9. The normalized spacial score (nSPS) is 21.2. The number of nitrogens with two attached hydrogens (primary N) is 2. The Balaban J connectivity index is 1.18. The molecule has 1 unspecified atom stereocenters. The van der Waals surface area contributed by atoms with Crippen LogP contribution in [0.2, 0.25) is 0 Å². The molecule has 0 saturated carbocycles. The van der Waals surface area contributed by atoms with Crippen LogP contribution < -0.4 is 21.2 Å². The number of nitrogen functional groups attached to an aromatic ring is 1. The van der Waals surface area contributed by atoms with Gasteiger partial charge in [0.15, 0.2) is 23.0 Å². The molecule has 1 saturated heterocycles. The van der Waals surface area contributed by atoms with Crippen molar-refractivity contribution in [2.75, 3.05) is 42.5 Å². The summed E-state index contributed by atoms with van der Waals surface area (Å²) in [5.41, 5.74) is 13.7. The highest BCUT2D eigenvalue weighted by Crippen LogP contribution is 2.42. The van der Waals surface area contributed by atoms with Gasteiger partial charge in [0.05, 0.1) is 31.8 Å². The quantitative estimate of drug-likeness (QED) is 0.219. The second kappa shape index (κ2) is 10.7. The number of rotatable bonds is 10. The molecule has 0 amide bonds. The summed E-state index contributed by atoms with van der Waals surface area (Å²) in [7, 11) is -2.74. The van der Waals surface area contributed by atoms with Gasteiger partial charge in [0.1, 0.15) is 0 Å². The maximum Gasteiger partial charge on any atom is 0.458 e. The number of carbonyl (C=O) groups excluding carboxylic acids is 1. The van der Waals surface area contributed by atoms with Gasteiger partial charge in [0.25, 0.3) is 0 Å². The minimum Gasteiger partial charge on any atom is -0.378 e. The molecule has 14 heteroatoms. The Morgan fingerprint density at radius 1 is 1.24 bits per heavy atom. The second-order valence-corrected chi connectivity index (χ2v) is 10.8. The fourth-order valence-corrected chi connectivity index (χ4v) is 5.43. The van der Waals surface area contributed by atoms with E-state index in [0.29, 0.717) is 23.3 Å². The van der Waals surface area contributed by atoms with Crippen molar-refractivity contribution in [2.45, 2.75) is 31.8 Å². The largest absolute Gasteiger partial charge is 0.458 e. The summed E-state index contributed by atoms with van der Waals surface area (Å²) >= 11 is 0. The number of para-hydroxylation sites is 1. The number of hydrogen-bond donors (Lipinski definition) is 2. The molecule has 13 nitrogen and oxygen atoms in total. The zero-order valence-electron chi connectivity index (χ0n) is 21.2. The molecule has 2 aromatic heterocycles. The molecule has 1 aliphatic heterocycles. The van der Waals surface area contributed by atoms with E-state index in [1.54, 1.807) is 37.5 Å². The van der Waals surface area contributed by atoms with Crippen molar-refractivity contribution in [1.82, 2.24) is 19.5 Å². The van der Waals surface area contributed by atoms with Crippen LogP contribution in [0.25, 0.3) is 11.2 Å². The van der Waals surface area contributed by atoms with Gasteiger partial charge in [0.2, 0.25) is 5.95 Å². The molecule has 4 atom stereocenters. The van der Waals surface area contributed by atoms with Crippen LogP contribution >= 0.6 is 7.75 Å². The van der Waals surface area contributed by atoms with Gasteiger partial charge >= 0.3 is 13.7 Å². The van der Waals surface area contributed by atoms with Crippen LogP contribution in [-0.4, -0.2) is 58.3 Å². The molecule has 1 fully saturated rings. The Hall–Kier alpha value is -3.51. The maximum absolute atomic E-state index is 12.8. The summed E-state index contributed by atoms with van der Waals surface area (Å²) in [6.07, 6.45) is 7.42. The molecule has 3 heterocycles. The number of allylic oxidation sites excluding steroid dienone is 1. The number of hydrogen-bond acceptors (Lipinski definition) is 11. The summed E-state index contributed by atoms with van der Waals surface area (Å²) in [6, 6.07) is 8.01. The van der Waals surface area contributed by atoms with Crippen LogP contribution in [0.4, 0.5) is 17.5 Å². The van der Waals surface area contributed by atoms with Crippen LogP contribution in [0.5, 0.6) is 0 Å². The average molecular weight is 543 g/mol. The molecule has 5 rings (SSSR count). The van der Waals surface area contributed by atoms with Crippen LogP contribution in [0, 0.1) is 5.92 Å². The Kier molecular flexibility index (Phi) is 7.35. The lowest BCUT2D eigenvalue weighted by Crippen LogP contribution is -2.39. The molecular weight excluding hydrogens is 511 g/mol. The smallest absolute Gasteiger partial charge is 0.378 e. The molecular formula is C24H31N8O5P. The van der Waals surface area contributed by atoms with E-state index in [4.69, 9.17) is 25.1 Å². The minimum atomic E-state index is -4.16. The summed E-state index contributed by atoms with van der Waals surface area (Å²) in [4.78, 5) is 33.5. The summed E-state index contributed by atoms with van der Waals surface area (Å²) < 4.78 is 25.2. The van der Waals surface area contributed by atoms with Crippen molar-refractivity contribution in [3.63, 3.8) is 0 Å². The summed E-state index contributed by atoms with van der Waals surface area (Å²) in [6.45, 7) is 3.40. The van der Waals surface area contributed by atoms with E-state index < -0.39 is 19.8 Å². The highest BCUT2D eigenvalue weighted by Gasteiger charge is 2.33. The number of fused-ring (bicyclic) bond motifs is 1. The maximum atomic E-state index is 12.8. The van der Waals surface area contributed by atoms with E-state index >= 15 is 0 Å². The first-order chi connectivity index (χ1) is 18.3. The van der Waals surface area contributed by atoms with Gasteiger partial charge in [-0.15, -0.1) is 0 Å². The number of imidazole rings is 1. The van der Waals surface area contributed by atoms with Gasteiger partial charge in [-0.05, 0) is 31.9 Å². The fraction of sp³-hybridized carbons (Fsp3) is 0.417. The predicted octanol–water partition coefficient (Wildman–Crippen LogP) is 2.82. The van der Waals surface area contributed by atoms with Gasteiger partial charge in [-0.25, -0.2) is 24.9 Å². The first-order valence-corrected chi connectivity index (χ1v) is 13.9. The van der Waals surface area contributed by atoms with Gasteiger partial charge < -0.3 is 19.7 Å². The lowest BCUT2D eigenvalue weighted by Gasteiger charge is -2.32. The van der Waals surface area contributed by atoms with Gasteiger partial charge in [-0.1, -0.05) is 30.4 Å². The third-order valence-electron chi connectivity index (χ3n) is 6.67. The molecule has 1 aromatic carbocycles. The van der Waals surface area contributed by atoms with E-state index in [-0.39, 0.29) is 24.5 Å². The average Bonchev–Trinajstić information content (AvgIpc) is 3.49. The number of hydroxylamine groups is 1. The lowest BCUT2D eigenvalue weighted by molar-refractivity contribution is -0.138. The Bertz CT molecular complexity index is 1380. The van der Waals surface area contributed by atoms with Gasteiger partial charge in [0, 0.05) is 19.0 Å². The van der Waals surface area contributed by atoms with Crippen molar-refractivity contribution in [3.8, 4) is 0 Å². The fourth-order valence-electron chi connectivity index (χ4n) is 4.58. The van der Waals surface area contributed by atoms with Crippen molar-refractivity contribution < 1.29 is 23.2 Å². The number of benzene rings is 1. The summed E-state index contributed by atoms with van der Waals surface area (Å²) in [5.74, 6) is 0.00188. The highest BCUT2D eigenvalue weighted by atomic mass is 31.2. The number of nitrogens with zero attached hydrogens (tertiary/aromatic N) is 6. The van der Waals surface area contributed by atoms with Crippen molar-refractivity contribution in [1.29, 1.82) is 0 Å². The Morgan fingerprint density at radius 3 is 2.68 bits per heavy atom. The summed E-state index contributed by atoms with van der Waals surface area (Å²) in [5, 5.41) is 1.34. The number of carbonyl (C=O) groups is 1. The molecule has 0 bridgehead atoms. The standard InChI is InChI=1S/C24H31N8O5P/c1-16(32(35-2)18-7-4-3-5-8-18)23(33)37-38(26,34)36-14-17-9-10-19(13-17)31-15-27-20-21(30-11-6-12-30)28-24(25)29-22(20)31/h3-5,7-10,15-17,19H,6,11-14H2,1-2H3,(H2,26,34)(H2,25,28,29)/t16-,17+,19-,38?/m0/s1. The van der Waals surface area contributed by atoms with Gasteiger partial charge in [-0.2, -0.15) is 9.97 Å². The molecule has 4 N–H and O–H groups in total. The van der Waals surface area contributed by atoms with E-state index in [0.717, 1.165) is 25.3 Å². The number of aromatic nitrogens is 4. The topological polar surface area (TPSA) is 164 Å². The first-order valence-electron chi connectivity index (χ1n) is 12.3. The zero-order valence-corrected chi connectivity index (χ0v) is 22.1. The predicted molar refractivity (Wildman–Crippen MR) is 142 cm³/mol. The van der Waals surface area contributed by atoms with Crippen molar-refractivity contribution in [2.24, 2.45) is 11.4 Å². The third-order valence-corrected chi connectivity index (χ3v) is 7.61. The van der Waals surface area contributed by atoms with Crippen LogP contribution in [0.1, 0.15) is 25.8 Å². The molecule has 0 spiro atoms. The highest BCUT2D eigenvalue weighted by molar-refractivity contribution is 7.51. The third kappa shape index (κ3) is 5.37.